The highest BCUT2D eigenvalue weighted by Crippen LogP contribution is 2.22. The van der Waals surface area contributed by atoms with E-state index in [0.29, 0.717) is 0 Å². The van der Waals surface area contributed by atoms with Gasteiger partial charge in [0.15, 0.2) is 0 Å². The van der Waals surface area contributed by atoms with E-state index in [-0.39, 0.29) is 10.6 Å². The van der Waals surface area contributed by atoms with Gasteiger partial charge >= 0.3 is 0 Å². The molecule has 1 aromatic heterocycles. The number of aromatic nitrogens is 1. The van der Waals surface area contributed by atoms with Gasteiger partial charge in [0, 0.05) is 68.5 Å². The first-order chi connectivity index (χ1) is 12.5. The predicted octanol–water partition coefficient (Wildman–Crippen LogP) is 2.66. The lowest BCUT2D eigenvalue weighted by atomic mass is 10.2. The summed E-state index contributed by atoms with van der Waals surface area (Å²) in [5.74, 6) is 0. The molecule has 1 fully saturated rings. The van der Waals surface area contributed by atoms with Gasteiger partial charge in [-0.3, -0.25) is 10.1 Å². The molecule has 2 aromatic rings. The number of aliphatic hydroxyl groups excluding tert-OH is 1. The largest absolute Gasteiger partial charge is 0.382 e. The van der Waals surface area contributed by atoms with Gasteiger partial charge in [0.1, 0.15) is 5.01 Å². The Morgan fingerprint density at radius 2 is 1.81 bits per heavy atom. The van der Waals surface area contributed by atoms with Crippen molar-refractivity contribution in [2.75, 3.05) is 39.3 Å². The topological polar surface area (TPSA) is 74.8 Å². The first-order valence-electron chi connectivity index (χ1n) is 9.03. The van der Waals surface area contributed by atoms with E-state index in [9.17, 15) is 15.2 Å². The number of nitrogens with zero attached hydrogens (tertiary/aromatic N) is 4. The van der Waals surface area contributed by atoms with Gasteiger partial charge in [0.2, 0.25) is 0 Å². The Kier molecular flexibility index (Phi) is 6.63. The van der Waals surface area contributed by atoms with Gasteiger partial charge in [-0.25, -0.2) is 0 Å². The van der Waals surface area contributed by atoms with Gasteiger partial charge < -0.3 is 19.5 Å². The molecule has 2 heterocycles. The molecule has 0 amide bonds. The molecule has 0 radical (unpaired) electrons. The normalized spacial score (nSPS) is 17.6. The smallest absolute Gasteiger partial charge is 0.270 e. The van der Waals surface area contributed by atoms with E-state index in [2.05, 4.69) is 30.3 Å². The number of nitro benzene ring substituents is 1. The number of aliphatic hydroxyl groups is 1. The van der Waals surface area contributed by atoms with Crippen molar-refractivity contribution in [3.8, 4) is 0 Å². The van der Waals surface area contributed by atoms with Crippen molar-refractivity contribution in [1.82, 2.24) is 14.4 Å². The molecule has 8 heteroatoms. The fraction of sp³-hybridized carbons (Fsp3) is 0.556. The Morgan fingerprint density at radius 1 is 1.12 bits per heavy atom. The minimum atomic E-state index is -0.404. The van der Waals surface area contributed by atoms with Crippen molar-refractivity contribution < 1.29 is 10.0 Å². The Hall–Kier alpha value is -1.48. The van der Waals surface area contributed by atoms with Crippen molar-refractivity contribution in [3.05, 3.63) is 40.6 Å². The molecule has 1 aliphatic rings. The molecule has 0 bridgehead atoms. The summed E-state index contributed by atoms with van der Waals surface area (Å²) in [7, 11) is 0. The maximum absolute atomic E-state index is 10.9. The van der Waals surface area contributed by atoms with Crippen LogP contribution >= 0.6 is 15.9 Å². The molecular weight excluding hydrogens is 400 g/mol. The van der Waals surface area contributed by atoms with Gasteiger partial charge in [0.25, 0.3) is 5.69 Å². The molecule has 1 aliphatic heterocycles. The number of halogens is 1. The highest BCUT2D eigenvalue weighted by molar-refractivity contribution is 9.09. The van der Waals surface area contributed by atoms with E-state index in [4.69, 9.17) is 0 Å². The number of rotatable bonds is 8. The number of nitro groups is 1. The molecule has 0 spiro atoms. The molecule has 142 valence electrons. The third-order valence-electron chi connectivity index (χ3n) is 4.99. The number of non-ortho nitro benzene ring substituents is 1. The van der Waals surface area contributed by atoms with E-state index in [1.165, 1.54) is 0 Å². The second kappa shape index (κ2) is 8.94. The molecule has 1 aromatic carbocycles. The van der Waals surface area contributed by atoms with Crippen LogP contribution in [0.25, 0.3) is 10.9 Å². The lowest BCUT2D eigenvalue weighted by Crippen LogP contribution is -2.47. The summed E-state index contributed by atoms with van der Waals surface area (Å²) in [5.41, 5.74) is 1.19. The highest BCUT2D eigenvalue weighted by Gasteiger charge is 2.17. The average Bonchev–Trinajstić information content (AvgIpc) is 3.03. The lowest BCUT2D eigenvalue weighted by molar-refractivity contribution is -0.384. The number of piperazine rings is 1. The second-order valence-corrected chi connectivity index (χ2v) is 7.83. The Labute approximate surface area is 161 Å². The SMILES string of the molecule is O=[N+]([O-])c1ccc2c(ccn2CCCN2CCN(CCC(O)Br)CC2)c1. The zero-order chi connectivity index (χ0) is 18.5. The zero-order valence-electron chi connectivity index (χ0n) is 14.8. The minimum absolute atomic E-state index is 0.139. The van der Waals surface area contributed by atoms with E-state index >= 15 is 0 Å². The first kappa shape index (κ1) is 19.3. The summed E-state index contributed by atoms with van der Waals surface area (Å²) in [6.07, 6.45) is 3.83. The van der Waals surface area contributed by atoms with E-state index < -0.39 is 5.01 Å². The zero-order valence-corrected chi connectivity index (χ0v) is 16.3. The van der Waals surface area contributed by atoms with Crippen LogP contribution in [-0.2, 0) is 6.54 Å². The number of aryl methyl sites for hydroxylation is 1. The fourth-order valence-electron chi connectivity index (χ4n) is 3.49. The van der Waals surface area contributed by atoms with E-state index in [1.807, 2.05) is 18.3 Å². The summed E-state index contributed by atoms with van der Waals surface area (Å²) in [5, 5.41) is 20.7. The van der Waals surface area contributed by atoms with Crippen LogP contribution in [0, 0.1) is 10.1 Å². The van der Waals surface area contributed by atoms with Gasteiger partial charge in [-0.05, 0) is 31.5 Å². The Bertz CT molecular complexity index is 741. The predicted molar refractivity (Wildman–Crippen MR) is 106 cm³/mol. The van der Waals surface area contributed by atoms with Crippen molar-refractivity contribution in [1.29, 1.82) is 0 Å². The molecular formula is C18H25BrN4O3. The first-order valence-corrected chi connectivity index (χ1v) is 9.94. The molecule has 1 saturated heterocycles. The van der Waals surface area contributed by atoms with Gasteiger partial charge in [-0.2, -0.15) is 0 Å². The summed E-state index contributed by atoms with van der Waals surface area (Å²) in [6.45, 7) is 7.14. The highest BCUT2D eigenvalue weighted by atomic mass is 79.9. The van der Waals surface area contributed by atoms with Crippen LogP contribution < -0.4 is 0 Å². The average molecular weight is 425 g/mol. The lowest BCUT2D eigenvalue weighted by Gasteiger charge is -2.34. The van der Waals surface area contributed by atoms with Crippen molar-refractivity contribution in [2.45, 2.75) is 24.4 Å². The quantitative estimate of drug-likeness (QED) is 0.400. The van der Waals surface area contributed by atoms with Crippen LogP contribution in [0.2, 0.25) is 0 Å². The van der Waals surface area contributed by atoms with Crippen LogP contribution in [-0.4, -0.2) is 68.7 Å². The van der Waals surface area contributed by atoms with Crippen LogP contribution in [0.1, 0.15) is 12.8 Å². The van der Waals surface area contributed by atoms with Crippen LogP contribution in [0.4, 0.5) is 5.69 Å². The Morgan fingerprint density at radius 3 is 2.46 bits per heavy atom. The molecule has 26 heavy (non-hydrogen) atoms. The Balaban J connectivity index is 1.44. The number of hydrogen-bond acceptors (Lipinski definition) is 5. The van der Waals surface area contributed by atoms with Crippen LogP contribution in [0.15, 0.2) is 30.5 Å². The van der Waals surface area contributed by atoms with Crippen LogP contribution in [0.3, 0.4) is 0 Å². The summed E-state index contributed by atoms with van der Waals surface area (Å²) < 4.78 is 2.17. The molecule has 0 aliphatic carbocycles. The molecule has 1 unspecified atom stereocenters. The molecule has 0 saturated carbocycles. The fourth-order valence-corrected chi connectivity index (χ4v) is 3.69. The molecule has 3 rings (SSSR count). The van der Waals surface area contributed by atoms with Crippen molar-refractivity contribution in [3.63, 3.8) is 0 Å². The number of hydrogen-bond donors (Lipinski definition) is 1. The third kappa shape index (κ3) is 5.03. The summed E-state index contributed by atoms with van der Waals surface area (Å²) >= 11 is 3.18. The minimum Gasteiger partial charge on any atom is -0.382 e. The molecule has 7 nitrogen and oxygen atoms in total. The van der Waals surface area contributed by atoms with Gasteiger partial charge in [-0.15, -0.1) is 0 Å². The number of alkyl halides is 1. The summed E-state index contributed by atoms with van der Waals surface area (Å²) in [6, 6.07) is 6.99. The maximum atomic E-state index is 10.9. The van der Waals surface area contributed by atoms with Gasteiger partial charge in [0.05, 0.1) is 4.92 Å². The van der Waals surface area contributed by atoms with Crippen molar-refractivity contribution >= 4 is 32.5 Å². The maximum Gasteiger partial charge on any atom is 0.270 e. The monoisotopic (exact) mass is 424 g/mol. The van der Waals surface area contributed by atoms with E-state index in [0.717, 1.165) is 69.6 Å². The molecule has 1 N–H and O–H groups in total. The standard InChI is InChI=1S/C18H25BrN4O3/c19-18(24)5-8-21-12-10-20(11-13-21)6-1-7-22-9-4-15-14-16(23(25)26)2-3-17(15)22/h2-4,9,14,18,24H,1,5-8,10-13H2. The summed E-state index contributed by atoms with van der Waals surface area (Å²) in [4.78, 5) is 15.4. The second-order valence-electron chi connectivity index (χ2n) is 6.77. The molecule has 1 atom stereocenters. The van der Waals surface area contributed by atoms with Gasteiger partial charge in [-0.1, -0.05) is 15.9 Å². The number of fused-ring (bicyclic) bond motifs is 1. The van der Waals surface area contributed by atoms with E-state index in [1.54, 1.807) is 12.1 Å². The number of benzene rings is 1. The van der Waals surface area contributed by atoms with Crippen LogP contribution in [0.5, 0.6) is 0 Å². The third-order valence-corrected chi connectivity index (χ3v) is 5.45. The van der Waals surface area contributed by atoms with Crippen molar-refractivity contribution in [2.24, 2.45) is 0 Å².